The first kappa shape index (κ1) is 19.9. The molecule has 1 aliphatic rings. The summed E-state index contributed by atoms with van der Waals surface area (Å²) in [5.41, 5.74) is 0.138. The third-order valence-electron chi connectivity index (χ3n) is 4.85. The molecule has 0 radical (unpaired) electrons. The van der Waals surface area contributed by atoms with E-state index in [2.05, 4.69) is 62.3 Å². The molecule has 0 aromatic rings. The van der Waals surface area contributed by atoms with Crippen molar-refractivity contribution in [2.75, 3.05) is 14.2 Å². The Bertz CT molecular complexity index is 356. The molecule has 3 heteroatoms. The zero-order valence-electron chi connectivity index (χ0n) is 16.6. The van der Waals surface area contributed by atoms with Crippen LogP contribution < -0.4 is 0 Å². The Morgan fingerprint density at radius 2 is 1.00 bits per heavy atom. The van der Waals surface area contributed by atoms with Crippen LogP contribution in [-0.2, 0) is 14.2 Å². The van der Waals surface area contributed by atoms with Crippen LogP contribution in [0.25, 0.3) is 0 Å². The Balaban J connectivity index is 3.37. The van der Waals surface area contributed by atoms with E-state index in [4.69, 9.17) is 14.2 Å². The molecule has 1 saturated heterocycles. The van der Waals surface area contributed by atoms with Gasteiger partial charge in [-0.3, -0.25) is 0 Å². The summed E-state index contributed by atoms with van der Waals surface area (Å²) in [7, 11) is 3.58. The van der Waals surface area contributed by atoms with Crippen LogP contribution in [0.4, 0.5) is 0 Å². The first-order valence-corrected chi connectivity index (χ1v) is 8.46. The second kappa shape index (κ2) is 6.41. The maximum absolute atomic E-state index is 6.69. The Labute approximate surface area is 138 Å². The topological polar surface area (TPSA) is 27.7 Å². The molecule has 22 heavy (non-hydrogen) atoms. The van der Waals surface area contributed by atoms with Gasteiger partial charge in [0.05, 0.1) is 18.3 Å². The van der Waals surface area contributed by atoms with E-state index in [-0.39, 0.29) is 46.6 Å². The Morgan fingerprint density at radius 1 is 0.591 bits per heavy atom. The van der Waals surface area contributed by atoms with Gasteiger partial charge in [0.25, 0.3) is 0 Å². The van der Waals surface area contributed by atoms with Crippen molar-refractivity contribution in [2.45, 2.75) is 86.7 Å². The van der Waals surface area contributed by atoms with Gasteiger partial charge in [0, 0.05) is 20.1 Å². The van der Waals surface area contributed by atoms with Crippen LogP contribution in [0, 0.1) is 22.2 Å². The lowest BCUT2D eigenvalue weighted by Gasteiger charge is -2.56. The minimum absolute atomic E-state index is 0.00378. The first-order valence-electron chi connectivity index (χ1n) is 8.46. The van der Waals surface area contributed by atoms with Gasteiger partial charge in [-0.2, -0.15) is 0 Å². The summed E-state index contributed by atoms with van der Waals surface area (Å²) in [6.45, 7) is 20.2. The highest BCUT2D eigenvalue weighted by atomic mass is 16.6. The molecule has 0 spiro atoms. The highest BCUT2D eigenvalue weighted by Gasteiger charge is 2.55. The summed E-state index contributed by atoms with van der Waals surface area (Å²) in [4.78, 5) is 0. The van der Waals surface area contributed by atoms with Crippen LogP contribution in [0.5, 0.6) is 0 Å². The van der Waals surface area contributed by atoms with E-state index >= 15 is 0 Å². The number of hydrogen-bond donors (Lipinski definition) is 0. The van der Waals surface area contributed by atoms with Gasteiger partial charge >= 0.3 is 0 Å². The molecular formula is C19H38O3. The fraction of sp³-hybridized carbons (Fsp3) is 1.00. The zero-order chi connectivity index (χ0) is 17.5. The largest absolute Gasteiger partial charge is 0.378 e. The predicted molar refractivity (Wildman–Crippen MR) is 92.1 cm³/mol. The number of ether oxygens (including phenoxy) is 3. The van der Waals surface area contributed by atoms with Crippen LogP contribution in [0.3, 0.4) is 0 Å². The van der Waals surface area contributed by atoms with Crippen molar-refractivity contribution in [1.82, 2.24) is 0 Å². The smallest absolute Gasteiger partial charge is 0.110 e. The van der Waals surface area contributed by atoms with Crippen molar-refractivity contribution in [3.8, 4) is 0 Å². The van der Waals surface area contributed by atoms with E-state index in [0.717, 1.165) is 0 Å². The SMILES string of the molecule is COC1[C@@H](OC)[C@H](C(C)(C)C)C(C(C)(C)C)O[C@H]1C(C)(C)C. The maximum Gasteiger partial charge on any atom is 0.110 e. The van der Waals surface area contributed by atoms with Crippen LogP contribution in [0.1, 0.15) is 62.3 Å². The van der Waals surface area contributed by atoms with E-state index in [0.29, 0.717) is 0 Å². The highest BCUT2D eigenvalue weighted by molar-refractivity contribution is 5.03. The Morgan fingerprint density at radius 3 is 1.27 bits per heavy atom. The molecular weight excluding hydrogens is 276 g/mol. The minimum atomic E-state index is -0.0483. The van der Waals surface area contributed by atoms with Gasteiger partial charge in [0.15, 0.2) is 0 Å². The third-order valence-corrected chi connectivity index (χ3v) is 4.85. The molecule has 1 fully saturated rings. The van der Waals surface area contributed by atoms with E-state index in [1.807, 2.05) is 0 Å². The van der Waals surface area contributed by atoms with Gasteiger partial charge in [-0.05, 0) is 16.2 Å². The fourth-order valence-electron chi connectivity index (χ4n) is 3.79. The standard InChI is InChI=1S/C19H38O3/c1-17(2,3)12-13(20-10)14(21-11)16(19(7,8)9)22-15(12)18(4,5)6/h12-16H,1-11H3/t12-,13-,14?,15?,16+/m0/s1. The number of hydrogen-bond acceptors (Lipinski definition) is 3. The van der Waals surface area contributed by atoms with Gasteiger partial charge < -0.3 is 14.2 Å². The normalized spacial score (nSPS) is 34.8. The van der Waals surface area contributed by atoms with Crippen molar-refractivity contribution >= 4 is 0 Å². The Kier molecular flexibility index (Phi) is 5.81. The van der Waals surface area contributed by atoms with E-state index in [9.17, 15) is 0 Å². The van der Waals surface area contributed by atoms with E-state index < -0.39 is 0 Å². The number of methoxy groups -OCH3 is 2. The molecule has 3 nitrogen and oxygen atoms in total. The molecule has 132 valence electrons. The molecule has 0 saturated carbocycles. The van der Waals surface area contributed by atoms with Gasteiger partial charge in [-0.1, -0.05) is 62.3 Å². The van der Waals surface area contributed by atoms with Crippen molar-refractivity contribution < 1.29 is 14.2 Å². The molecule has 5 atom stereocenters. The summed E-state index contributed by atoms with van der Waals surface area (Å²) < 4.78 is 18.5. The van der Waals surface area contributed by atoms with Crippen molar-refractivity contribution in [3.05, 3.63) is 0 Å². The van der Waals surface area contributed by atoms with Gasteiger partial charge in [-0.25, -0.2) is 0 Å². The molecule has 1 rings (SSSR count). The molecule has 1 aliphatic heterocycles. The number of rotatable bonds is 2. The van der Waals surface area contributed by atoms with E-state index in [1.165, 1.54) is 0 Å². The molecule has 1 heterocycles. The van der Waals surface area contributed by atoms with Gasteiger partial charge in [0.1, 0.15) is 6.10 Å². The second-order valence-corrected chi connectivity index (χ2v) is 10.0. The third kappa shape index (κ3) is 4.04. The van der Waals surface area contributed by atoms with Crippen LogP contribution in [-0.4, -0.2) is 38.6 Å². The summed E-state index contributed by atoms with van der Waals surface area (Å²) >= 11 is 0. The highest BCUT2D eigenvalue weighted by Crippen LogP contribution is 2.49. The second-order valence-electron chi connectivity index (χ2n) is 10.0. The van der Waals surface area contributed by atoms with Crippen LogP contribution in [0.15, 0.2) is 0 Å². The predicted octanol–water partition coefficient (Wildman–Crippen LogP) is 4.54. The summed E-state index contributed by atoms with van der Waals surface area (Å²) in [5, 5.41) is 0. The molecule has 0 aliphatic carbocycles. The van der Waals surface area contributed by atoms with Crippen molar-refractivity contribution in [1.29, 1.82) is 0 Å². The van der Waals surface area contributed by atoms with Crippen LogP contribution in [0.2, 0.25) is 0 Å². The quantitative estimate of drug-likeness (QED) is 0.749. The molecule has 2 unspecified atom stereocenters. The lowest BCUT2D eigenvalue weighted by molar-refractivity contribution is -0.274. The average molecular weight is 315 g/mol. The fourth-order valence-corrected chi connectivity index (χ4v) is 3.79. The van der Waals surface area contributed by atoms with E-state index in [1.54, 1.807) is 14.2 Å². The van der Waals surface area contributed by atoms with Gasteiger partial charge in [0.2, 0.25) is 0 Å². The monoisotopic (exact) mass is 314 g/mol. The average Bonchev–Trinajstić information content (AvgIpc) is 2.32. The van der Waals surface area contributed by atoms with Crippen LogP contribution >= 0.6 is 0 Å². The summed E-state index contributed by atoms with van der Waals surface area (Å²) in [6.07, 6.45) is 0.137. The zero-order valence-corrected chi connectivity index (χ0v) is 16.6. The molecule has 0 aromatic carbocycles. The molecule has 0 bridgehead atoms. The van der Waals surface area contributed by atoms with Crippen molar-refractivity contribution in [3.63, 3.8) is 0 Å². The molecule has 0 N–H and O–H groups in total. The van der Waals surface area contributed by atoms with Crippen molar-refractivity contribution in [2.24, 2.45) is 22.2 Å². The minimum Gasteiger partial charge on any atom is -0.378 e. The Hall–Kier alpha value is -0.120. The first-order chi connectivity index (χ1) is 9.75. The maximum atomic E-state index is 6.69. The molecule has 0 aromatic heterocycles. The summed E-state index contributed by atoms with van der Waals surface area (Å²) in [6, 6.07) is 0. The molecule has 0 amide bonds. The lowest BCUT2D eigenvalue weighted by Crippen LogP contribution is -2.64. The summed E-state index contributed by atoms with van der Waals surface area (Å²) in [5.74, 6) is 0.279. The van der Waals surface area contributed by atoms with Gasteiger partial charge in [-0.15, -0.1) is 0 Å². The lowest BCUT2D eigenvalue weighted by atomic mass is 9.63.